The van der Waals surface area contributed by atoms with Crippen molar-refractivity contribution in [2.75, 3.05) is 13.2 Å². The Labute approximate surface area is 63.9 Å². The molecule has 0 heterocycles. The molecule has 0 saturated carbocycles. The molecule has 0 atom stereocenters. The first kappa shape index (κ1) is 10.2. The summed E-state index contributed by atoms with van der Waals surface area (Å²) in [5.41, 5.74) is 0. The number of rotatable bonds is 2. The zero-order valence-corrected chi connectivity index (χ0v) is 3.40. The Morgan fingerprint density at radius 2 is 2.17 bits per heavy atom. The van der Waals surface area contributed by atoms with E-state index >= 15 is 0 Å². The number of aliphatic hydroxyl groups excluding tert-OH is 1. The van der Waals surface area contributed by atoms with Crippen molar-refractivity contribution in [1.82, 2.24) is 0 Å². The van der Waals surface area contributed by atoms with Crippen molar-refractivity contribution in [1.29, 1.82) is 0 Å². The monoisotopic (exact) mass is 120 g/mol. The average molecular weight is 121 g/mol. The number of hydrogen-bond donors (Lipinski definition) is 1. The SMILES string of the molecule is OCCOCl.[NaH]. The predicted octanol–water partition coefficient (Wildman–Crippen LogP) is -0.499. The molecule has 0 bridgehead atoms. The normalized spacial score (nSPS) is 7.00. The average Bonchev–Trinajstić information content (AvgIpc) is 1.41. The van der Waals surface area contributed by atoms with Crippen LogP contribution in [0.2, 0.25) is 0 Å². The first-order valence-corrected chi connectivity index (χ1v) is 1.57. The Kier molecular flexibility index (Phi) is 16.2. The molecule has 0 saturated heterocycles. The van der Waals surface area contributed by atoms with Crippen LogP contribution in [0.3, 0.4) is 0 Å². The third-order valence-corrected chi connectivity index (χ3v) is 0.323. The second-order valence-corrected chi connectivity index (χ2v) is 0.755. The zero-order valence-electron chi connectivity index (χ0n) is 2.65. The van der Waals surface area contributed by atoms with E-state index in [0.717, 1.165) is 0 Å². The third-order valence-electron chi connectivity index (χ3n) is 0.168. The maximum absolute atomic E-state index is 7.86. The first-order chi connectivity index (χ1) is 2.41. The van der Waals surface area contributed by atoms with E-state index in [1.54, 1.807) is 0 Å². The van der Waals surface area contributed by atoms with Crippen LogP contribution in [0.5, 0.6) is 0 Å². The Hall–Kier alpha value is 1.21. The van der Waals surface area contributed by atoms with Crippen LogP contribution in [0, 0.1) is 0 Å². The zero-order chi connectivity index (χ0) is 4.12. The van der Waals surface area contributed by atoms with Gasteiger partial charge in [-0.15, -0.1) is 0 Å². The van der Waals surface area contributed by atoms with Crippen molar-refractivity contribution >= 4 is 41.4 Å². The molecule has 0 aliphatic carbocycles. The molecule has 0 radical (unpaired) electrons. The molecular formula is C2H6ClNaO2. The van der Waals surface area contributed by atoms with E-state index in [-0.39, 0.29) is 42.8 Å². The Morgan fingerprint density at radius 3 is 2.17 bits per heavy atom. The van der Waals surface area contributed by atoms with E-state index in [1.165, 1.54) is 0 Å². The van der Waals surface area contributed by atoms with Gasteiger partial charge in [-0.1, -0.05) is 0 Å². The summed E-state index contributed by atoms with van der Waals surface area (Å²) in [5.74, 6) is 0. The summed E-state index contributed by atoms with van der Waals surface area (Å²) in [6.07, 6.45) is 0. The van der Waals surface area contributed by atoms with Gasteiger partial charge in [-0.05, 0) is 0 Å². The van der Waals surface area contributed by atoms with Crippen molar-refractivity contribution in [3.05, 3.63) is 0 Å². The summed E-state index contributed by atoms with van der Waals surface area (Å²) in [4.78, 5) is 0. The number of hydrogen-bond acceptors (Lipinski definition) is 2. The quantitative estimate of drug-likeness (QED) is 0.498. The van der Waals surface area contributed by atoms with Gasteiger partial charge in [0.1, 0.15) is 0 Å². The fourth-order valence-corrected chi connectivity index (χ4v) is 0.104. The number of halogens is 1. The van der Waals surface area contributed by atoms with Gasteiger partial charge < -0.3 is 5.11 Å². The number of aliphatic hydroxyl groups is 1. The molecule has 0 rings (SSSR count). The summed E-state index contributed by atoms with van der Waals surface area (Å²) in [7, 11) is 0. The summed E-state index contributed by atoms with van der Waals surface area (Å²) >= 11 is 4.64. The fourth-order valence-electron chi connectivity index (χ4n) is 0.0345. The van der Waals surface area contributed by atoms with Crippen molar-refractivity contribution in [3.63, 3.8) is 0 Å². The molecule has 34 valence electrons. The molecule has 0 aromatic carbocycles. The van der Waals surface area contributed by atoms with Gasteiger partial charge in [0.15, 0.2) is 0 Å². The molecule has 1 N–H and O–H groups in total. The summed E-state index contributed by atoms with van der Waals surface area (Å²) in [5, 5.41) is 7.86. The van der Waals surface area contributed by atoms with Gasteiger partial charge in [0.2, 0.25) is 0 Å². The third kappa shape index (κ3) is 8.96. The molecule has 0 unspecified atom stereocenters. The van der Waals surface area contributed by atoms with Crippen LogP contribution in [-0.2, 0) is 4.29 Å². The summed E-state index contributed by atoms with van der Waals surface area (Å²) in [6, 6.07) is 0. The molecule has 0 amide bonds. The summed E-state index contributed by atoms with van der Waals surface area (Å²) in [6.45, 7) is 0.199. The molecule has 0 aromatic heterocycles. The Bertz CT molecular complexity index is 19.0. The van der Waals surface area contributed by atoms with Crippen LogP contribution in [0.1, 0.15) is 0 Å². The molecule has 0 aromatic rings. The van der Waals surface area contributed by atoms with Crippen molar-refractivity contribution in [2.24, 2.45) is 0 Å². The van der Waals surface area contributed by atoms with Gasteiger partial charge in [-0.3, -0.25) is 4.29 Å². The van der Waals surface area contributed by atoms with Gasteiger partial charge in [-0.25, -0.2) is 0 Å². The second kappa shape index (κ2) is 9.51. The van der Waals surface area contributed by atoms with E-state index in [4.69, 9.17) is 5.11 Å². The molecule has 6 heavy (non-hydrogen) atoms. The van der Waals surface area contributed by atoms with Crippen LogP contribution >= 0.6 is 11.9 Å². The molecule has 0 aliphatic rings. The minimum absolute atomic E-state index is 0. The van der Waals surface area contributed by atoms with Crippen molar-refractivity contribution in [2.45, 2.75) is 0 Å². The topological polar surface area (TPSA) is 29.5 Å². The van der Waals surface area contributed by atoms with Crippen LogP contribution in [0.25, 0.3) is 0 Å². The van der Waals surface area contributed by atoms with Gasteiger partial charge in [0.05, 0.1) is 25.1 Å². The molecule has 4 heteroatoms. The standard InChI is InChI=1S/C2H5ClO2.Na.H/c3-5-2-1-4;;/h4H,1-2H2;;. The van der Waals surface area contributed by atoms with E-state index in [2.05, 4.69) is 16.2 Å². The fraction of sp³-hybridized carbons (Fsp3) is 1.00. The van der Waals surface area contributed by atoms with Crippen LogP contribution < -0.4 is 0 Å². The molecule has 0 aliphatic heterocycles. The van der Waals surface area contributed by atoms with Crippen LogP contribution in [0.4, 0.5) is 0 Å². The minimum atomic E-state index is -0.0104. The van der Waals surface area contributed by atoms with Gasteiger partial charge in [-0.2, -0.15) is 0 Å². The molecule has 0 spiro atoms. The van der Waals surface area contributed by atoms with Crippen molar-refractivity contribution < 1.29 is 9.40 Å². The van der Waals surface area contributed by atoms with Crippen LogP contribution in [-0.4, -0.2) is 47.9 Å². The van der Waals surface area contributed by atoms with E-state index in [1.807, 2.05) is 0 Å². The maximum atomic E-state index is 7.86. The Morgan fingerprint density at radius 1 is 1.67 bits per heavy atom. The second-order valence-electron chi connectivity index (χ2n) is 0.537. The molecular weight excluding hydrogens is 114 g/mol. The summed E-state index contributed by atoms with van der Waals surface area (Å²) < 4.78 is 3.91. The predicted molar refractivity (Wildman–Crippen MR) is 26.0 cm³/mol. The van der Waals surface area contributed by atoms with E-state index < -0.39 is 0 Å². The van der Waals surface area contributed by atoms with E-state index in [9.17, 15) is 0 Å². The first-order valence-electron chi connectivity index (χ1n) is 1.26. The molecule has 0 fully saturated rings. The van der Waals surface area contributed by atoms with Gasteiger partial charge >= 0.3 is 29.6 Å². The van der Waals surface area contributed by atoms with Gasteiger partial charge in [0, 0.05) is 0 Å². The van der Waals surface area contributed by atoms with Crippen molar-refractivity contribution in [3.8, 4) is 0 Å². The molecule has 2 nitrogen and oxygen atoms in total. The Balaban J connectivity index is 0. The van der Waals surface area contributed by atoms with Crippen LogP contribution in [0.15, 0.2) is 0 Å². The van der Waals surface area contributed by atoms with E-state index in [0.29, 0.717) is 0 Å². The van der Waals surface area contributed by atoms with Gasteiger partial charge in [0.25, 0.3) is 0 Å².